The summed E-state index contributed by atoms with van der Waals surface area (Å²) in [6.45, 7) is 2.09. The maximum atomic E-state index is 13.0. The van der Waals surface area contributed by atoms with Crippen LogP contribution in [0.15, 0.2) is 54.6 Å². The number of hydrogen-bond acceptors (Lipinski definition) is 4. The highest BCUT2D eigenvalue weighted by Gasteiger charge is 2.37. The molecule has 2 aliphatic rings. The molecule has 0 radical (unpaired) electrons. The Morgan fingerprint density at radius 1 is 1.00 bits per heavy atom. The topological polar surface area (TPSA) is 90.0 Å². The van der Waals surface area contributed by atoms with Gasteiger partial charge >= 0.3 is 0 Å². The van der Waals surface area contributed by atoms with Crippen molar-refractivity contribution < 1.29 is 19.5 Å². The monoisotopic (exact) mass is 421 g/mol. The largest absolute Gasteiger partial charge is 0.507 e. The molecule has 0 bridgehead atoms. The highest BCUT2D eigenvalue weighted by atomic mass is 16.3. The SMILES string of the molecule is O=C(NC1CCN(C(=O)C2CC(=O)N(Cc3ccccc3)C2)CC1)c1ccccc1O. The van der Waals surface area contributed by atoms with Crippen molar-refractivity contribution in [2.75, 3.05) is 19.6 Å². The van der Waals surface area contributed by atoms with Gasteiger partial charge < -0.3 is 20.2 Å². The number of carbonyl (C=O) groups is 3. The molecule has 2 saturated heterocycles. The van der Waals surface area contributed by atoms with E-state index in [-0.39, 0.29) is 47.4 Å². The first-order chi connectivity index (χ1) is 15.0. The van der Waals surface area contributed by atoms with Gasteiger partial charge in [0.1, 0.15) is 5.75 Å². The van der Waals surface area contributed by atoms with Crippen molar-refractivity contribution in [2.45, 2.75) is 31.8 Å². The number of aromatic hydroxyl groups is 1. The molecule has 4 rings (SSSR count). The third-order valence-electron chi connectivity index (χ3n) is 6.07. The minimum absolute atomic E-state index is 0.0204. The second kappa shape index (κ2) is 9.20. The smallest absolute Gasteiger partial charge is 0.255 e. The van der Waals surface area contributed by atoms with Crippen LogP contribution >= 0.6 is 0 Å². The quantitative estimate of drug-likeness (QED) is 0.774. The first-order valence-electron chi connectivity index (χ1n) is 10.7. The number of hydrogen-bond donors (Lipinski definition) is 2. The lowest BCUT2D eigenvalue weighted by Gasteiger charge is -2.33. The maximum Gasteiger partial charge on any atom is 0.255 e. The minimum atomic E-state index is -0.305. The van der Waals surface area contributed by atoms with Crippen molar-refractivity contribution in [1.82, 2.24) is 15.1 Å². The Morgan fingerprint density at radius 3 is 2.39 bits per heavy atom. The van der Waals surface area contributed by atoms with E-state index < -0.39 is 0 Å². The van der Waals surface area contributed by atoms with E-state index in [0.717, 1.165) is 5.56 Å². The van der Waals surface area contributed by atoms with Crippen LogP contribution in [0.3, 0.4) is 0 Å². The number of nitrogens with one attached hydrogen (secondary N) is 1. The van der Waals surface area contributed by atoms with Gasteiger partial charge in [-0.2, -0.15) is 0 Å². The fourth-order valence-electron chi connectivity index (χ4n) is 4.33. The predicted molar refractivity (Wildman–Crippen MR) is 115 cm³/mol. The number of benzene rings is 2. The van der Waals surface area contributed by atoms with Crippen molar-refractivity contribution in [3.63, 3.8) is 0 Å². The maximum absolute atomic E-state index is 13.0. The van der Waals surface area contributed by atoms with Crippen LogP contribution in [-0.2, 0) is 16.1 Å². The zero-order valence-electron chi connectivity index (χ0n) is 17.4. The third-order valence-corrected chi connectivity index (χ3v) is 6.07. The van der Waals surface area contributed by atoms with Crippen LogP contribution in [-0.4, -0.2) is 58.3 Å². The molecule has 0 spiro atoms. The average molecular weight is 421 g/mol. The number of amides is 3. The summed E-state index contributed by atoms with van der Waals surface area (Å²) < 4.78 is 0. The summed E-state index contributed by atoms with van der Waals surface area (Å²) in [5, 5.41) is 12.8. The molecule has 7 heteroatoms. The fraction of sp³-hybridized carbons (Fsp3) is 0.375. The molecule has 2 aliphatic heterocycles. The van der Waals surface area contributed by atoms with E-state index in [1.54, 1.807) is 23.1 Å². The van der Waals surface area contributed by atoms with Gasteiger partial charge in [0.2, 0.25) is 11.8 Å². The van der Waals surface area contributed by atoms with E-state index in [4.69, 9.17) is 0 Å². The molecule has 2 N–H and O–H groups in total. The van der Waals surface area contributed by atoms with Crippen LogP contribution in [0, 0.1) is 5.92 Å². The molecule has 2 fully saturated rings. The van der Waals surface area contributed by atoms with Gasteiger partial charge in [0.05, 0.1) is 11.5 Å². The van der Waals surface area contributed by atoms with Gasteiger partial charge in [-0.3, -0.25) is 14.4 Å². The Kier molecular flexibility index (Phi) is 6.21. The number of phenolic OH excluding ortho intramolecular Hbond substituents is 1. The molecule has 3 amide bonds. The first-order valence-corrected chi connectivity index (χ1v) is 10.7. The van der Waals surface area contributed by atoms with E-state index in [1.807, 2.05) is 35.2 Å². The molecular weight excluding hydrogens is 394 g/mol. The normalized spacial score (nSPS) is 19.5. The van der Waals surface area contributed by atoms with Crippen molar-refractivity contribution in [3.8, 4) is 5.75 Å². The van der Waals surface area contributed by atoms with Crippen LogP contribution in [0.1, 0.15) is 35.2 Å². The molecule has 2 heterocycles. The number of para-hydroxylation sites is 1. The second-order valence-electron chi connectivity index (χ2n) is 8.25. The summed E-state index contributed by atoms with van der Waals surface area (Å²) in [6, 6.07) is 16.2. The first kappa shape index (κ1) is 20.9. The van der Waals surface area contributed by atoms with Crippen LogP contribution in [0.25, 0.3) is 0 Å². The zero-order valence-corrected chi connectivity index (χ0v) is 17.4. The number of carbonyl (C=O) groups excluding carboxylic acids is 3. The van der Waals surface area contributed by atoms with E-state index in [0.29, 0.717) is 39.0 Å². The van der Waals surface area contributed by atoms with Crippen molar-refractivity contribution >= 4 is 17.7 Å². The van der Waals surface area contributed by atoms with Gasteiger partial charge in [0, 0.05) is 38.6 Å². The number of nitrogens with zero attached hydrogens (tertiary/aromatic N) is 2. The molecule has 2 aromatic rings. The highest BCUT2D eigenvalue weighted by molar-refractivity contribution is 5.97. The van der Waals surface area contributed by atoms with Gasteiger partial charge in [-0.05, 0) is 30.5 Å². The van der Waals surface area contributed by atoms with Gasteiger partial charge in [0.25, 0.3) is 5.91 Å². The highest BCUT2D eigenvalue weighted by Crippen LogP contribution is 2.24. The Bertz CT molecular complexity index is 954. The number of phenols is 1. The molecule has 0 saturated carbocycles. The molecule has 1 unspecified atom stereocenters. The second-order valence-corrected chi connectivity index (χ2v) is 8.25. The molecule has 162 valence electrons. The lowest BCUT2D eigenvalue weighted by molar-refractivity contribution is -0.136. The standard InChI is InChI=1S/C24H27N3O4/c28-21-9-5-4-8-20(21)23(30)25-19-10-12-26(13-11-19)24(31)18-14-22(29)27(16-18)15-17-6-2-1-3-7-17/h1-9,18-19,28H,10-16H2,(H,25,30). The van der Waals surface area contributed by atoms with Crippen LogP contribution in [0.2, 0.25) is 0 Å². The van der Waals surface area contributed by atoms with E-state index in [9.17, 15) is 19.5 Å². The summed E-state index contributed by atoms with van der Waals surface area (Å²) >= 11 is 0. The van der Waals surface area contributed by atoms with Crippen molar-refractivity contribution in [2.24, 2.45) is 5.92 Å². The number of likely N-dealkylation sites (tertiary alicyclic amines) is 2. The Morgan fingerprint density at radius 2 is 1.68 bits per heavy atom. The predicted octanol–water partition coefficient (Wildman–Crippen LogP) is 2.16. The fourth-order valence-corrected chi connectivity index (χ4v) is 4.33. The van der Waals surface area contributed by atoms with Crippen LogP contribution in [0.5, 0.6) is 5.75 Å². The average Bonchev–Trinajstić information content (AvgIpc) is 3.15. The lowest BCUT2D eigenvalue weighted by atomic mass is 10.0. The minimum Gasteiger partial charge on any atom is -0.507 e. The van der Waals surface area contributed by atoms with Gasteiger partial charge in [-0.1, -0.05) is 42.5 Å². The lowest BCUT2D eigenvalue weighted by Crippen LogP contribution is -2.48. The molecule has 1 atom stereocenters. The van der Waals surface area contributed by atoms with Crippen molar-refractivity contribution in [3.05, 3.63) is 65.7 Å². The molecule has 2 aromatic carbocycles. The summed E-state index contributed by atoms with van der Waals surface area (Å²) in [5.74, 6) is -0.607. The van der Waals surface area contributed by atoms with E-state index >= 15 is 0 Å². The summed E-state index contributed by atoms with van der Waals surface area (Å²) in [4.78, 5) is 41.3. The third kappa shape index (κ3) is 4.87. The Balaban J connectivity index is 1.27. The van der Waals surface area contributed by atoms with Crippen molar-refractivity contribution in [1.29, 1.82) is 0 Å². The molecule has 0 aromatic heterocycles. The Labute approximate surface area is 181 Å². The molecule has 31 heavy (non-hydrogen) atoms. The summed E-state index contributed by atoms with van der Waals surface area (Å²) in [7, 11) is 0. The number of piperidine rings is 1. The molecular formula is C24H27N3O4. The Hall–Kier alpha value is -3.35. The number of rotatable bonds is 5. The van der Waals surface area contributed by atoms with Gasteiger partial charge in [0.15, 0.2) is 0 Å². The van der Waals surface area contributed by atoms with Crippen LogP contribution in [0.4, 0.5) is 0 Å². The zero-order chi connectivity index (χ0) is 21.8. The molecule has 7 nitrogen and oxygen atoms in total. The van der Waals surface area contributed by atoms with Gasteiger partial charge in [-0.25, -0.2) is 0 Å². The summed E-state index contributed by atoms with van der Waals surface area (Å²) in [6.07, 6.45) is 1.56. The molecule has 0 aliphatic carbocycles. The van der Waals surface area contributed by atoms with E-state index in [1.165, 1.54) is 6.07 Å². The summed E-state index contributed by atoms with van der Waals surface area (Å²) in [5.41, 5.74) is 1.31. The van der Waals surface area contributed by atoms with Gasteiger partial charge in [-0.15, -0.1) is 0 Å². The van der Waals surface area contributed by atoms with E-state index in [2.05, 4.69) is 5.32 Å². The van der Waals surface area contributed by atoms with Crippen LogP contribution < -0.4 is 5.32 Å².